The van der Waals surface area contributed by atoms with Crippen molar-refractivity contribution in [1.82, 2.24) is 15.5 Å². The minimum atomic E-state index is -2.60. The van der Waals surface area contributed by atoms with Crippen LogP contribution in [0.3, 0.4) is 0 Å². The molecule has 0 aliphatic carbocycles. The van der Waals surface area contributed by atoms with E-state index in [1.807, 2.05) is 12.4 Å². The molecule has 0 spiro atoms. The highest BCUT2D eigenvalue weighted by molar-refractivity contribution is 6.07. The summed E-state index contributed by atoms with van der Waals surface area (Å²) >= 11 is 0. The predicted octanol–water partition coefficient (Wildman–Crippen LogP) is 2.97. The molecule has 6 nitrogen and oxygen atoms in total. The fraction of sp³-hybridized carbons (Fsp3) is 0.368. The van der Waals surface area contributed by atoms with E-state index >= 15 is 0 Å². The van der Waals surface area contributed by atoms with Crippen molar-refractivity contribution in [3.05, 3.63) is 47.3 Å². The van der Waals surface area contributed by atoms with Crippen LogP contribution in [-0.2, 0) is 4.79 Å². The number of alkyl halides is 2. The number of rotatable bonds is 6. The Hall–Kier alpha value is -2.90. The summed E-state index contributed by atoms with van der Waals surface area (Å²) in [7, 11) is 1.81. The molecule has 1 heterocycles. The summed E-state index contributed by atoms with van der Waals surface area (Å²) < 4.78 is 24.4. The van der Waals surface area contributed by atoms with Crippen molar-refractivity contribution >= 4 is 23.0 Å². The Balaban J connectivity index is 2.09. The van der Waals surface area contributed by atoms with Crippen molar-refractivity contribution in [2.45, 2.75) is 26.8 Å². The zero-order chi connectivity index (χ0) is 20.0. The van der Waals surface area contributed by atoms with E-state index in [1.54, 1.807) is 36.1 Å². The fourth-order valence-electron chi connectivity index (χ4n) is 2.85. The molecule has 0 unspecified atom stereocenters. The molecule has 0 atom stereocenters. The van der Waals surface area contributed by atoms with Gasteiger partial charge < -0.3 is 20.9 Å². The topological polar surface area (TPSA) is 80.2 Å². The van der Waals surface area contributed by atoms with Crippen molar-refractivity contribution in [3.8, 4) is 0 Å². The molecule has 27 heavy (non-hydrogen) atoms. The minimum absolute atomic E-state index is 0.0144. The van der Waals surface area contributed by atoms with Gasteiger partial charge in [0, 0.05) is 50.1 Å². The summed E-state index contributed by atoms with van der Waals surface area (Å²) in [5, 5.41) is 16.5. The van der Waals surface area contributed by atoms with Crippen LogP contribution in [0.2, 0.25) is 0 Å². The highest BCUT2D eigenvalue weighted by Gasteiger charge is 2.23. The molecule has 0 bridgehead atoms. The molecule has 0 saturated carbocycles. The van der Waals surface area contributed by atoms with E-state index in [-0.39, 0.29) is 11.7 Å². The molecule has 0 saturated heterocycles. The normalized spacial score (nSPS) is 15.0. The molecular formula is C19H25F2N5O. The molecule has 4 N–H and O–H groups in total. The predicted molar refractivity (Wildman–Crippen MR) is 104 cm³/mol. The summed E-state index contributed by atoms with van der Waals surface area (Å²) in [5.41, 5.74) is 3.89. The van der Waals surface area contributed by atoms with Gasteiger partial charge in [-0.15, -0.1) is 0 Å². The van der Waals surface area contributed by atoms with Crippen molar-refractivity contribution < 1.29 is 13.6 Å². The summed E-state index contributed by atoms with van der Waals surface area (Å²) in [6, 6.07) is 7.17. The summed E-state index contributed by atoms with van der Waals surface area (Å²) in [4.78, 5) is 13.4. The average molecular weight is 377 g/mol. The van der Waals surface area contributed by atoms with E-state index in [0.717, 1.165) is 16.8 Å². The summed E-state index contributed by atoms with van der Waals surface area (Å²) in [6.07, 6.45) is 1.95. The standard InChI is InChI=1S/C19H25F2N5O/c1-12(10-24-19(20)21)14-4-6-15(7-5-14)25-18(22)16-11-26(13(2)27)9-8-17(16)23-3/h4-7,10,19,23-24H,8-9,11H2,1-3H3,(H2,22,25)/b12-10+. The third-order valence-corrected chi connectivity index (χ3v) is 4.43. The molecule has 0 radical (unpaired) electrons. The molecule has 1 aromatic rings. The summed E-state index contributed by atoms with van der Waals surface area (Å²) in [5.74, 6) is 0.212. The second-order valence-electron chi connectivity index (χ2n) is 6.27. The van der Waals surface area contributed by atoms with Crippen molar-refractivity contribution in [2.75, 3.05) is 25.5 Å². The Morgan fingerprint density at radius 3 is 2.48 bits per heavy atom. The molecule has 1 aromatic carbocycles. The van der Waals surface area contributed by atoms with Gasteiger partial charge in [0.15, 0.2) is 0 Å². The molecule has 1 aliphatic rings. The van der Waals surface area contributed by atoms with E-state index in [1.165, 1.54) is 13.1 Å². The molecule has 1 amide bonds. The number of carbonyl (C=O) groups excluding carboxylic acids is 1. The van der Waals surface area contributed by atoms with Crippen LogP contribution in [0.4, 0.5) is 14.5 Å². The van der Waals surface area contributed by atoms with Crippen LogP contribution in [0.1, 0.15) is 25.8 Å². The lowest BCUT2D eigenvalue weighted by atomic mass is 10.0. The Morgan fingerprint density at radius 2 is 1.93 bits per heavy atom. The van der Waals surface area contributed by atoms with Gasteiger partial charge >= 0.3 is 6.55 Å². The largest absolute Gasteiger partial charge is 0.391 e. The molecule has 1 aliphatic heterocycles. The zero-order valence-electron chi connectivity index (χ0n) is 15.7. The van der Waals surface area contributed by atoms with E-state index in [4.69, 9.17) is 5.41 Å². The third kappa shape index (κ3) is 5.54. The van der Waals surface area contributed by atoms with E-state index in [9.17, 15) is 13.6 Å². The number of amidine groups is 1. The number of hydrogen-bond acceptors (Lipinski definition) is 4. The maximum Gasteiger partial charge on any atom is 0.312 e. The number of carbonyl (C=O) groups is 1. The third-order valence-electron chi connectivity index (χ3n) is 4.43. The van der Waals surface area contributed by atoms with Crippen LogP contribution in [-0.4, -0.2) is 43.3 Å². The highest BCUT2D eigenvalue weighted by Crippen LogP contribution is 2.20. The van der Waals surface area contributed by atoms with Gasteiger partial charge in [-0.05, 0) is 30.2 Å². The van der Waals surface area contributed by atoms with Gasteiger partial charge in [0.1, 0.15) is 5.84 Å². The minimum Gasteiger partial charge on any atom is -0.391 e. The van der Waals surface area contributed by atoms with Crippen LogP contribution < -0.4 is 16.0 Å². The van der Waals surface area contributed by atoms with Crippen LogP contribution in [0.15, 0.2) is 41.7 Å². The zero-order valence-corrected chi connectivity index (χ0v) is 15.7. The van der Waals surface area contributed by atoms with E-state index < -0.39 is 6.55 Å². The SMILES string of the molecule is CNC1=C(C(=N)Nc2ccc(/C(C)=C/NC(F)F)cc2)CN(C(C)=O)CC1. The Bertz CT molecular complexity index is 756. The number of nitrogens with one attached hydrogen (secondary N) is 4. The number of amides is 1. The molecule has 0 aromatic heterocycles. The first-order valence-electron chi connectivity index (χ1n) is 8.64. The second-order valence-corrected chi connectivity index (χ2v) is 6.27. The smallest absolute Gasteiger partial charge is 0.312 e. The average Bonchev–Trinajstić information content (AvgIpc) is 2.65. The first-order chi connectivity index (χ1) is 12.8. The second kappa shape index (κ2) is 9.16. The lowest BCUT2D eigenvalue weighted by molar-refractivity contribution is -0.128. The number of halogens is 2. The van der Waals surface area contributed by atoms with Crippen molar-refractivity contribution in [1.29, 1.82) is 5.41 Å². The van der Waals surface area contributed by atoms with E-state index in [2.05, 4.69) is 10.6 Å². The number of nitrogens with zero attached hydrogens (tertiary/aromatic N) is 1. The number of allylic oxidation sites excluding steroid dienone is 1. The van der Waals surface area contributed by atoms with Gasteiger partial charge in [0.2, 0.25) is 5.91 Å². The van der Waals surface area contributed by atoms with Crippen molar-refractivity contribution in [2.24, 2.45) is 0 Å². The molecule has 0 fully saturated rings. The molecular weight excluding hydrogens is 352 g/mol. The van der Waals surface area contributed by atoms with Crippen LogP contribution in [0, 0.1) is 5.41 Å². The molecule has 8 heteroatoms. The fourth-order valence-corrected chi connectivity index (χ4v) is 2.85. The van der Waals surface area contributed by atoms with Gasteiger partial charge in [-0.3, -0.25) is 10.2 Å². The van der Waals surface area contributed by atoms with Gasteiger partial charge in [-0.25, -0.2) is 0 Å². The Kier molecular flexibility index (Phi) is 6.92. The van der Waals surface area contributed by atoms with Crippen LogP contribution in [0.25, 0.3) is 5.57 Å². The Morgan fingerprint density at radius 1 is 1.26 bits per heavy atom. The van der Waals surface area contributed by atoms with Crippen LogP contribution >= 0.6 is 0 Å². The van der Waals surface area contributed by atoms with Gasteiger partial charge in [0.05, 0.1) is 6.54 Å². The monoisotopic (exact) mass is 377 g/mol. The summed E-state index contributed by atoms with van der Waals surface area (Å²) in [6.45, 7) is 1.69. The molecule has 2 rings (SSSR count). The number of hydrogen-bond donors (Lipinski definition) is 4. The highest BCUT2D eigenvalue weighted by atomic mass is 19.3. The lowest BCUT2D eigenvalue weighted by Crippen LogP contribution is -2.40. The number of anilines is 1. The molecule has 146 valence electrons. The first-order valence-corrected chi connectivity index (χ1v) is 8.64. The number of benzene rings is 1. The maximum absolute atomic E-state index is 12.2. The van der Waals surface area contributed by atoms with Crippen LogP contribution in [0.5, 0.6) is 0 Å². The maximum atomic E-state index is 12.2. The van der Waals surface area contributed by atoms with E-state index in [0.29, 0.717) is 30.8 Å². The van der Waals surface area contributed by atoms with Gasteiger partial charge in [0.25, 0.3) is 0 Å². The lowest BCUT2D eigenvalue weighted by Gasteiger charge is -2.30. The van der Waals surface area contributed by atoms with Gasteiger partial charge in [-0.2, -0.15) is 8.78 Å². The quantitative estimate of drug-likeness (QED) is 0.349. The van der Waals surface area contributed by atoms with Crippen molar-refractivity contribution in [3.63, 3.8) is 0 Å². The Labute approximate surface area is 157 Å². The van der Waals surface area contributed by atoms with Gasteiger partial charge in [-0.1, -0.05) is 12.1 Å². The first kappa shape index (κ1) is 20.4.